The number of benzene rings is 3. The zero-order valence-corrected chi connectivity index (χ0v) is 24.5. The molecule has 41 heavy (non-hydrogen) atoms. The molecule has 0 spiro atoms. The van der Waals surface area contributed by atoms with Crippen LogP contribution in [0.2, 0.25) is 10.0 Å². The molecule has 3 aromatic carbocycles. The van der Waals surface area contributed by atoms with Gasteiger partial charge < -0.3 is 10.1 Å². The van der Waals surface area contributed by atoms with Gasteiger partial charge in [-0.1, -0.05) is 92.5 Å². The summed E-state index contributed by atoms with van der Waals surface area (Å²) in [5, 5.41) is 18.7. The molecular weight excluding hydrogens is 570 g/mol. The molecule has 0 bridgehead atoms. The average Bonchev–Trinajstić information content (AvgIpc) is 3.20. The van der Waals surface area contributed by atoms with E-state index in [2.05, 4.69) is 43.6 Å². The average molecular weight is 603 g/mol. The highest BCUT2D eigenvalue weighted by Gasteiger charge is 2.55. The van der Waals surface area contributed by atoms with Crippen LogP contribution in [0.15, 0.2) is 84.6 Å². The van der Waals surface area contributed by atoms with Gasteiger partial charge in [0.1, 0.15) is 5.41 Å². The fourth-order valence-corrected chi connectivity index (χ4v) is 5.65. The molecule has 1 heterocycles. The summed E-state index contributed by atoms with van der Waals surface area (Å²) < 4.78 is 45.2. The van der Waals surface area contributed by atoms with Crippen molar-refractivity contribution in [1.29, 1.82) is 5.26 Å². The van der Waals surface area contributed by atoms with E-state index in [-0.39, 0.29) is 37.3 Å². The molecule has 0 radical (unpaired) electrons. The van der Waals surface area contributed by atoms with Gasteiger partial charge in [0.25, 0.3) is 0 Å². The van der Waals surface area contributed by atoms with Gasteiger partial charge in [-0.3, -0.25) is 5.32 Å². The van der Waals surface area contributed by atoms with Crippen molar-refractivity contribution in [3.8, 4) is 6.07 Å². The van der Waals surface area contributed by atoms with Crippen LogP contribution in [-0.4, -0.2) is 19.4 Å². The Balaban J connectivity index is 1.62. The summed E-state index contributed by atoms with van der Waals surface area (Å²) in [5.41, 5.74) is 0.934. The third-order valence-electron chi connectivity index (χ3n) is 6.98. The van der Waals surface area contributed by atoms with Crippen molar-refractivity contribution in [2.24, 2.45) is 5.41 Å². The van der Waals surface area contributed by atoms with Gasteiger partial charge in [0, 0.05) is 28.2 Å². The van der Waals surface area contributed by atoms with Gasteiger partial charge in [-0.15, -0.1) is 0 Å². The predicted molar refractivity (Wildman–Crippen MR) is 157 cm³/mol. The number of allylic oxidation sites excluding steroid dienone is 2. The molecule has 0 saturated carbocycles. The highest BCUT2D eigenvalue weighted by molar-refractivity contribution is 6.30. The first-order chi connectivity index (χ1) is 19.3. The topological polar surface area (TPSA) is 57.1 Å². The summed E-state index contributed by atoms with van der Waals surface area (Å²) in [5.74, 6) is -0.371. The maximum atomic E-state index is 13.1. The molecule has 9 heteroatoms. The summed E-state index contributed by atoms with van der Waals surface area (Å²) in [4.78, 5) is 0. The number of halogens is 5. The van der Waals surface area contributed by atoms with E-state index in [1.165, 1.54) is 6.07 Å². The molecular formula is C32H32Cl2F3N3O. The van der Waals surface area contributed by atoms with E-state index in [1.54, 1.807) is 24.3 Å². The molecule has 3 aromatic rings. The minimum atomic E-state index is -4.40. The van der Waals surface area contributed by atoms with Crippen molar-refractivity contribution in [2.75, 3.05) is 13.3 Å². The summed E-state index contributed by atoms with van der Waals surface area (Å²) in [6.07, 6.45) is -2.32. The molecule has 0 amide bonds. The van der Waals surface area contributed by atoms with E-state index < -0.39 is 17.2 Å². The lowest BCUT2D eigenvalue weighted by atomic mass is 9.66. The van der Waals surface area contributed by atoms with Gasteiger partial charge in [-0.2, -0.15) is 18.4 Å². The van der Waals surface area contributed by atoms with Crippen LogP contribution in [0.25, 0.3) is 0 Å². The highest BCUT2D eigenvalue weighted by Crippen LogP contribution is 2.51. The molecule has 4 rings (SSSR count). The Morgan fingerprint density at radius 3 is 2.34 bits per heavy atom. The molecule has 1 aliphatic rings. The van der Waals surface area contributed by atoms with Crippen molar-refractivity contribution in [3.05, 3.63) is 117 Å². The smallest absolute Gasteiger partial charge is 0.381 e. The molecule has 2 N–H and O–H groups in total. The van der Waals surface area contributed by atoms with Crippen LogP contribution >= 0.6 is 23.2 Å². The first-order valence-corrected chi connectivity index (χ1v) is 14.0. The van der Waals surface area contributed by atoms with E-state index in [1.807, 2.05) is 30.3 Å². The third-order valence-corrected chi connectivity index (χ3v) is 7.47. The van der Waals surface area contributed by atoms with Gasteiger partial charge in [0.15, 0.2) is 0 Å². The second-order valence-corrected chi connectivity index (χ2v) is 12.1. The zero-order chi connectivity index (χ0) is 29.8. The largest absolute Gasteiger partial charge is 0.416 e. The highest BCUT2D eigenvalue weighted by atomic mass is 35.5. The zero-order valence-electron chi connectivity index (χ0n) is 23.0. The van der Waals surface area contributed by atoms with Crippen molar-refractivity contribution in [3.63, 3.8) is 0 Å². The predicted octanol–water partition coefficient (Wildman–Crippen LogP) is 8.22. The number of hydrogen-bond acceptors (Lipinski definition) is 4. The van der Waals surface area contributed by atoms with Crippen LogP contribution in [0.5, 0.6) is 0 Å². The molecule has 4 nitrogen and oxygen atoms in total. The lowest BCUT2D eigenvalue weighted by Gasteiger charge is -2.32. The van der Waals surface area contributed by atoms with E-state index in [4.69, 9.17) is 27.9 Å². The monoisotopic (exact) mass is 601 g/mol. The Morgan fingerprint density at radius 1 is 1.00 bits per heavy atom. The second-order valence-electron chi connectivity index (χ2n) is 11.3. The lowest BCUT2D eigenvalue weighted by Crippen LogP contribution is -2.36. The Bertz CT molecular complexity index is 1430. The summed E-state index contributed by atoms with van der Waals surface area (Å²) in [7, 11) is 0. The molecule has 3 atom stereocenters. The Labute approximate surface area is 249 Å². The van der Waals surface area contributed by atoms with Crippen molar-refractivity contribution in [2.45, 2.75) is 50.9 Å². The number of hydrogen-bond donors (Lipinski definition) is 2. The Morgan fingerprint density at radius 2 is 1.71 bits per heavy atom. The van der Waals surface area contributed by atoms with Crippen molar-refractivity contribution in [1.82, 2.24) is 10.6 Å². The van der Waals surface area contributed by atoms with E-state index in [9.17, 15) is 18.4 Å². The van der Waals surface area contributed by atoms with Gasteiger partial charge in [-0.25, -0.2) is 0 Å². The molecule has 1 saturated heterocycles. The number of ether oxygens (including phenoxy) is 1. The standard InChI is InChI=1S/C32H32Cl2F3N3O/c1-30(2,3)16-28-31(19-38,23-10-12-25(33)13-11-23)29(22-7-5-9-26(34)15-22)27(40-28)18-41-20-39-17-21-6-4-8-24(14-21)32(35,36)37/h4-16,27,29,39-40H,17-18,20H2,1-3H3/b28-16+/t27-,29-,31-/m0/s1. The third kappa shape index (κ3) is 7.25. The molecule has 0 aromatic heterocycles. The maximum absolute atomic E-state index is 13.1. The van der Waals surface area contributed by atoms with Crippen LogP contribution < -0.4 is 10.6 Å². The number of nitriles is 1. The first-order valence-electron chi connectivity index (χ1n) is 13.2. The van der Waals surface area contributed by atoms with Gasteiger partial charge in [0.2, 0.25) is 0 Å². The van der Waals surface area contributed by atoms with Crippen molar-refractivity contribution >= 4 is 23.2 Å². The van der Waals surface area contributed by atoms with E-state index in [0.29, 0.717) is 15.6 Å². The van der Waals surface area contributed by atoms with Gasteiger partial charge in [-0.05, 0) is 52.4 Å². The summed E-state index contributed by atoms with van der Waals surface area (Å²) in [6, 6.07) is 22.3. The normalized spacial score (nSPS) is 22.0. The van der Waals surface area contributed by atoms with Crippen LogP contribution in [0, 0.1) is 16.7 Å². The fourth-order valence-electron chi connectivity index (χ4n) is 5.33. The SMILES string of the molecule is CC(C)(C)/C=C1/N[C@@H](COCNCc2cccc(C(F)(F)F)c2)[C@H](c2cccc(Cl)c2)[C@@]1(C#N)c1ccc(Cl)cc1. The molecule has 216 valence electrons. The molecule has 1 aliphatic heterocycles. The fraction of sp³-hybridized carbons (Fsp3) is 0.344. The number of nitrogens with zero attached hydrogens (tertiary/aromatic N) is 1. The Kier molecular flexibility index (Phi) is 9.40. The van der Waals surface area contributed by atoms with Gasteiger partial charge >= 0.3 is 6.18 Å². The maximum Gasteiger partial charge on any atom is 0.416 e. The van der Waals surface area contributed by atoms with Gasteiger partial charge in [0.05, 0.1) is 31.0 Å². The molecule has 1 fully saturated rings. The number of nitrogens with one attached hydrogen (secondary N) is 2. The van der Waals surface area contributed by atoms with Crippen LogP contribution in [0.1, 0.15) is 48.9 Å². The van der Waals surface area contributed by atoms with Crippen LogP contribution in [0.3, 0.4) is 0 Å². The molecule has 0 aliphatic carbocycles. The molecule has 0 unspecified atom stereocenters. The second kappa shape index (κ2) is 12.5. The minimum absolute atomic E-state index is 0.107. The summed E-state index contributed by atoms with van der Waals surface area (Å²) >= 11 is 12.6. The Hall–Kier alpha value is -3.02. The van der Waals surface area contributed by atoms with E-state index in [0.717, 1.165) is 29.0 Å². The first kappa shape index (κ1) is 30.9. The van der Waals surface area contributed by atoms with Crippen molar-refractivity contribution < 1.29 is 17.9 Å². The van der Waals surface area contributed by atoms with E-state index >= 15 is 0 Å². The van der Waals surface area contributed by atoms with Crippen LogP contribution in [0.4, 0.5) is 13.2 Å². The number of rotatable bonds is 8. The quantitative estimate of drug-likeness (QED) is 0.202. The number of alkyl halides is 3. The lowest BCUT2D eigenvalue weighted by molar-refractivity contribution is -0.137. The summed E-state index contributed by atoms with van der Waals surface area (Å²) in [6.45, 7) is 6.76. The minimum Gasteiger partial charge on any atom is -0.381 e. The van der Waals surface area contributed by atoms with Crippen LogP contribution in [-0.2, 0) is 22.9 Å².